The van der Waals surface area contributed by atoms with Crippen molar-refractivity contribution in [2.45, 2.75) is 18.4 Å². The molecule has 0 spiro atoms. The SMILES string of the molecule is COC(=O)C1(O)CCN(c2ncc(F)cc2[N+](=O)[O-])CC1. The Bertz CT molecular complexity index is 572. The zero-order valence-electron chi connectivity index (χ0n) is 11.3. The summed E-state index contributed by atoms with van der Waals surface area (Å²) < 4.78 is 17.6. The van der Waals surface area contributed by atoms with Crippen molar-refractivity contribution < 1.29 is 24.0 Å². The lowest BCUT2D eigenvalue weighted by Crippen LogP contribution is -2.50. The summed E-state index contributed by atoms with van der Waals surface area (Å²) in [5.74, 6) is -1.51. The Balaban J connectivity index is 2.20. The van der Waals surface area contributed by atoms with Gasteiger partial charge in [0, 0.05) is 25.9 Å². The number of carbonyl (C=O) groups excluding carboxylic acids is 1. The standard InChI is InChI=1S/C12H14FN3O5/c1-21-11(17)12(18)2-4-15(5-3-12)10-9(16(19)20)6-8(13)7-14-10/h6-7,18H,2-5H2,1H3. The molecule has 0 aliphatic carbocycles. The van der Waals surface area contributed by atoms with Gasteiger partial charge in [0.2, 0.25) is 5.82 Å². The van der Waals surface area contributed by atoms with E-state index in [0.717, 1.165) is 12.3 Å². The van der Waals surface area contributed by atoms with E-state index in [4.69, 9.17) is 0 Å². The molecule has 2 rings (SSSR count). The third-order valence-corrected chi connectivity index (χ3v) is 3.47. The van der Waals surface area contributed by atoms with Crippen LogP contribution in [0.15, 0.2) is 12.3 Å². The molecule has 1 aliphatic rings. The first-order valence-corrected chi connectivity index (χ1v) is 6.23. The Hall–Kier alpha value is -2.29. The fourth-order valence-electron chi connectivity index (χ4n) is 2.28. The highest BCUT2D eigenvalue weighted by atomic mass is 19.1. The van der Waals surface area contributed by atoms with E-state index in [1.54, 1.807) is 0 Å². The average molecular weight is 299 g/mol. The van der Waals surface area contributed by atoms with Gasteiger partial charge in [0.15, 0.2) is 5.60 Å². The molecule has 0 atom stereocenters. The summed E-state index contributed by atoms with van der Waals surface area (Å²) in [5, 5.41) is 21.1. The van der Waals surface area contributed by atoms with Crippen LogP contribution < -0.4 is 4.90 Å². The maximum absolute atomic E-state index is 13.1. The van der Waals surface area contributed by atoms with E-state index < -0.39 is 28.0 Å². The average Bonchev–Trinajstić information content (AvgIpc) is 2.47. The van der Waals surface area contributed by atoms with Gasteiger partial charge in [-0.15, -0.1) is 0 Å². The fourth-order valence-corrected chi connectivity index (χ4v) is 2.28. The number of methoxy groups -OCH3 is 1. The quantitative estimate of drug-likeness (QED) is 0.495. The molecule has 0 amide bonds. The van der Waals surface area contributed by atoms with E-state index in [2.05, 4.69) is 9.72 Å². The lowest BCUT2D eigenvalue weighted by Gasteiger charge is -2.36. The van der Waals surface area contributed by atoms with Gasteiger partial charge in [-0.05, 0) is 0 Å². The van der Waals surface area contributed by atoms with E-state index in [1.807, 2.05) is 0 Å². The molecule has 1 N–H and O–H groups in total. The Labute approximate surface area is 119 Å². The van der Waals surface area contributed by atoms with E-state index in [0.29, 0.717) is 0 Å². The van der Waals surface area contributed by atoms with E-state index in [-0.39, 0.29) is 31.7 Å². The summed E-state index contributed by atoms with van der Waals surface area (Å²) in [5.41, 5.74) is -2.04. The third kappa shape index (κ3) is 2.92. The zero-order chi connectivity index (χ0) is 15.6. The molecule has 1 aromatic heterocycles. The van der Waals surface area contributed by atoms with Crippen molar-refractivity contribution in [2.75, 3.05) is 25.1 Å². The van der Waals surface area contributed by atoms with Crippen LogP contribution in [0.25, 0.3) is 0 Å². The number of carbonyl (C=O) groups is 1. The Morgan fingerprint density at radius 1 is 1.57 bits per heavy atom. The summed E-state index contributed by atoms with van der Waals surface area (Å²) in [6, 6.07) is 0.795. The number of hydrogen-bond acceptors (Lipinski definition) is 7. The summed E-state index contributed by atoms with van der Waals surface area (Å²) in [4.78, 5) is 27.0. The van der Waals surface area contributed by atoms with Crippen LogP contribution in [0.1, 0.15) is 12.8 Å². The van der Waals surface area contributed by atoms with Crippen molar-refractivity contribution in [3.05, 3.63) is 28.2 Å². The Morgan fingerprint density at radius 3 is 2.71 bits per heavy atom. The Kier molecular flexibility index (Phi) is 4.03. The van der Waals surface area contributed by atoms with Gasteiger partial charge in [-0.2, -0.15) is 0 Å². The number of halogens is 1. The largest absolute Gasteiger partial charge is 0.467 e. The first kappa shape index (κ1) is 15.1. The second-order valence-corrected chi connectivity index (χ2v) is 4.76. The van der Waals surface area contributed by atoms with Crippen LogP contribution in [-0.2, 0) is 9.53 Å². The number of esters is 1. The second-order valence-electron chi connectivity index (χ2n) is 4.76. The summed E-state index contributed by atoms with van der Waals surface area (Å²) >= 11 is 0. The minimum Gasteiger partial charge on any atom is -0.467 e. The Morgan fingerprint density at radius 2 is 2.19 bits per heavy atom. The molecular formula is C12H14FN3O5. The highest BCUT2D eigenvalue weighted by Crippen LogP contribution is 2.31. The van der Waals surface area contributed by atoms with Gasteiger partial charge in [0.25, 0.3) is 0 Å². The second kappa shape index (κ2) is 5.60. The first-order valence-electron chi connectivity index (χ1n) is 6.23. The van der Waals surface area contributed by atoms with Crippen LogP contribution >= 0.6 is 0 Å². The number of aromatic nitrogens is 1. The molecule has 8 nitrogen and oxygen atoms in total. The number of ether oxygens (including phenoxy) is 1. The molecule has 114 valence electrons. The fraction of sp³-hybridized carbons (Fsp3) is 0.500. The minimum absolute atomic E-state index is 0.0216. The third-order valence-electron chi connectivity index (χ3n) is 3.47. The number of rotatable bonds is 3. The molecule has 9 heteroatoms. The van der Waals surface area contributed by atoms with Gasteiger partial charge >= 0.3 is 11.7 Å². The van der Waals surface area contributed by atoms with E-state index in [9.17, 15) is 24.4 Å². The summed E-state index contributed by atoms with van der Waals surface area (Å²) in [6.07, 6.45) is 0.995. The number of nitrogens with zero attached hydrogens (tertiary/aromatic N) is 3. The number of nitro groups is 1. The molecule has 0 radical (unpaired) electrons. The molecule has 1 aliphatic heterocycles. The highest BCUT2D eigenvalue weighted by Gasteiger charge is 2.41. The van der Waals surface area contributed by atoms with Crippen LogP contribution in [0.3, 0.4) is 0 Å². The van der Waals surface area contributed by atoms with Crippen molar-refractivity contribution in [3.8, 4) is 0 Å². The molecule has 2 heterocycles. The van der Waals surface area contributed by atoms with Crippen LogP contribution in [0.5, 0.6) is 0 Å². The van der Waals surface area contributed by atoms with Crippen molar-refractivity contribution in [3.63, 3.8) is 0 Å². The topological polar surface area (TPSA) is 106 Å². The molecule has 1 fully saturated rings. The normalized spacial score (nSPS) is 17.4. The van der Waals surface area contributed by atoms with Gasteiger partial charge < -0.3 is 14.7 Å². The predicted molar refractivity (Wildman–Crippen MR) is 69.3 cm³/mol. The smallest absolute Gasteiger partial charge is 0.337 e. The van der Waals surface area contributed by atoms with Gasteiger partial charge in [-0.1, -0.05) is 0 Å². The van der Waals surface area contributed by atoms with Gasteiger partial charge in [-0.3, -0.25) is 10.1 Å². The number of pyridine rings is 1. The minimum atomic E-state index is -1.60. The van der Waals surface area contributed by atoms with Crippen LogP contribution in [-0.4, -0.2) is 46.8 Å². The lowest BCUT2D eigenvalue weighted by molar-refractivity contribution is -0.384. The molecule has 1 aromatic rings. The molecule has 0 bridgehead atoms. The van der Waals surface area contributed by atoms with Crippen LogP contribution in [0.2, 0.25) is 0 Å². The zero-order valence-corrected chi connectivity index (χ0v) is 11.3. The monoisotopic (exact) mass is 299 g/mol. The highest BCUT2D eigenvalue weighted by molar-refractivity contribution is 5.79. The number of aliphatic hydroxyl groups is 1. The molecule has 0 saturated carbocycles. The van der Waals surface area contributed by atoms with Crippen molar-refractivity contribution in [1.82, 2.24) is 4.98 Å². The van der Waals surface area contributed by atoms with E-state index in [1.165, 1.54) is 12.0 Å². The summed E-state index contributed by atoms with van der Waals surface area (Å²) in [7, 11) is 1.18. The first-order chi connectivity index (χ1) is 9.87. The molecule has 0 aromatic carbocycles. The molecular weight excluding hydrogens is 285 g/mol. The van der Waals surface area contributed by atoms with Crippen LogP contribution in [0, 0.1) is 15.9 Å². The molecule has 0 unspecified atom stereocenters. The maximum Gasteiger partial charge on any atom is 0.337 e. The summed E-state index contributed by atoms with van der Waals surface area (Å²) in [6.45, 7) is 0.343. The molecule has 21 heavy (non-hydrogen) atoms. The van der Waals surface area contributed by atoms with E-state index >= 15 is 0 Å². The van der Waals surface area contributed by atoms with Gasteiger partial charge in [0.05, 0.1) is 24.3 Å². The maximum atomic E-state index is 13.1. The van der Waals surface area contributed by atoms with Gasteiger partial charge in [-0.25, -0.2) is 14.2 Å². The predicted octanol–water partition coefficient (Wildman–Crippen LogP) is 0.633. The van der Waals surface area contributed by atoms with Crippen molar-refractivity contribution in [2.24, 2.45) is 0 Å². The van der Waals surface area contributed by atoms with Crippen LogP contribution in [0.4, 0.5) is 15.9 Å². The van der Waals surface area contributed by atoms with Crippen molar-refractivity contribution in [1.29, 1.82) is 0 Å². The van der Waals surface area contributed by atoms with Crippen molar-refractivity contribution >= 4 is 17.5 Å². The molecule has 1 saturated heterocycles. The number of anilines is 1. The number of hydrogen-bond donors (Lipinski definition) is 1. The lowest BCUT2D eigenvalue weighted by atomic mass is 9.91. The van der Waals surface area contributed by atoms with Gasteiger partial charge in [0.1, 0.15) is 5.82 Å². The number of piperidine rings is 1.